The van der Waals surface area contributed by atoms with Crippen molar-refractivity contribution >= 4 is 32.9 Å². The Kier molecular flexibility index (Phi) is 3.11. The van der Waals surface area contributed by atoms with Crippen LogP contribution in [0.5, 0.6) is 0 Å². The van der Waals surface area contributed by atoms with E-state index in [9.17, 15) is 8.78 Å². The van der Waals surface area contributed by atoms with Gasteiger partial charge in [0.1, 0.15) is 11.3 Å². The van der Waals surface area contributed by atoms with E-state index in [2.05, 4.69) is 20.9 Å². The van der Waals surface area contributed by atoms with Crippen molar-refractivity contribution in [3.8, 4) is 11.8 Å². The lowest BCUT2D eigenvalue weighted by molar-refractivity contribution is 0.590. The van der Waals surface area contributed by atoms with Crippen LogP contribution in [-0.2, 0) is 0 Å². The van der Waals surface area contributed by atoms with E-state index in [1.807, 2.05) is 6.07 Å². The largest absolute Gasteiger partial charge is 0.369 e. The molecule has 104 valence electrons. The SMILES string of the molecule is N#Cc1ccc(-n2c(N)nc3c(F)cc(F)cc32)c(Br)c1. The summed E-state index contributed by atoms with van der Waals surface area (Å²) in [7, 11) is 0. The number of fused-ring (bicyclic) bond motifs is 1. The van der Waals surface area contributed by atoms with Crippen LogP contribution >= 0.6 is 15.9 Å². The smallest absolute Gasteiger partial charge is 0.206 e. The number of rotatable bonds is 1. The lowest BCUT2D eigenvalue weighted by Gasteiger charge is -2.09. The first-order valence-electron chi connectivity index (χ1n) is 5.84. The van der Waals surface area contributed by atoms with Crippen molar-refractivity contribution in [1.82, 2.24) is 9.55 Å². The Morgan fingerprint density at radius 2 is 2.00 bits per heavy atom. The van der Waals surface area contributed by atoms with Crippen LogP contribution in [0.4, 0.5) is 14.7 Å². The molecule has 0 aliphatic heterocycles. The van der Waals surface area contributed by atoms with Gasteiger partial charge in [0.2, 0.25) is 5.95 Å². The number of aromatic nitrogens is 2. The molecule has 3 rings (SSSR count). The van der Waals surface area contributed by atoms with Crippen LogP contribution in [0.1, 0.15) is 5.56 Å². The van der Waals surface area contributed by atoms with Gasteiger partial charge in [0.25, 0.3) is 0 Å². The summed E-state index contributed by atoms with van der Waals surface area (Å²) in [6, 6.07) is 8.73. The number of nitrogen functional groups attached to an aromatic ring is 1. The third-order valence-electron chi connectivity index (χ3n) is 3.02. The number of nitriles is 1. The van der Waals surface area contributed by atoms with Gasteiger partial charge >= 0.3 is 0 Å². The highest BCUT2D eigenvalue weighted by atomic mass is 79.9. The predicted molar refractivity (Wildman–Crippen MR) is 77.8 cm³/mol. The average molecular weight is 349 g/mol. The fourth-order valence-corrected chi connectivity index (χ4v) is 2.69. The lowest BCUT2D eigenvalue weighted by atomic mass is 10.2. The van der Waals surface area contributed by atoms with Crippen LogP contribution < -0.4 is 5.73 Å². The monoisotopic (exact) mass is 348 g/mol. The fraction of sp³-hybridized carbons (Fsp3) is 0. The molecule has 0 aliphatic rings. The van der Waals surface area contributed by atoms with E-state index in [4.69, 9.17) is 11.0 Å². The maximum absolute atomic E-state index is 13.7. The number of anilines is 1. The van der Waals surface area contributed by atoms with Gasteiger partial charge in [-0.3, -0.25) is 4.57 Å². The highest BCUT2D eigenvalue weighted by Crippen LogP contribution is 2.30. The van der Waals surface area contributed by atoms with Crippen molar-refractivity contribution in [2.45, 2.75) is 0 Å². The Morgan fingerprint density at radius 1 is 1.24 bits per heavy atom. The molecular formula is C14H7BrF2N4. The maximum atomic E-state index is 13.7. The van der Waals surface area contributed by atoms with Crippen molar-refractivity contribution in [3.63, 3.8) is 0 Å². The minimum absolute atomic E-state index is 0.00911. The molecule has 0 fully saturated rings. The molecule has 7 heteroatoms. The molecule has 0 saturated carbocycles. The minimum Gasteiger partial charge on any atom is -0.369 e. The summed E-state index contributed by atoms with van der Waals surface area (Å²) in [5, 5.41) is 8.87. The molecule has 0 bridgehead atoms. The Morgan fingerprint density at radius 3 is 2.67 bits per heavy atom. The highest BCUT2D eigenvalue weighted by Gasteiger charge is 2.16. The summed E-state index contributed by atoms with van der Waals surface area (Å²) in [6.45, 7) is 0. The number of imidazole rings is 1. The van der Waals surface area contributed by atoms with Crippen LogP contribution in [0, 0.1) is 23.0 Å². The van der Waals surface area contributed by atoms with Crippen molar-refractivity contribution in [2.75, 3.05) is 5.73 Å². The van der Waals surface area contributed by atoms with Crippen LogP contribution in [-0.4, -0.2) is 9.55 Å². The van der Waals surface area contributed by atoms with Gasteiger partial charge in [0.15, 0.2) is 5.82 Å². The molecule has 0 aliphatic carbocycles. The predicted octanol–water partition coefficient (Wildman–Crippen LogP) is 3.52. The summed E-state index contributed by atoms with van der Waals surface area (Å²) >= 11 is 3.32. The van der Waals surface area contributed by atoms with Crippen molar-refractivity contribution < 1.29 is 8.78 Å². The molecular weight excluding hydrogens is 342 g/mol. The summed E-state index contributed by atoms with van der Waals surface area (Å²) < 4.78 is 29.2. The Bertz CT molecular complexity index is 911. The van der Waals surface area contributed by atoms with E-state index in [0.717, 1.165) is 12.1 Å². The topological polar surface area (TPSA) is 67.6 Å². The quantitative estimate of drug-likeness (QED) is 0.731. The fourth-order valence-electron chi connectivity index (χ4n) is 2.13. The molecule has 21 heavy (non-hydrogen) atoms. The van der Waals surface area contributed by atoms with E-state index in [0.29, 0.717) is 15.7 Å². The van der Waals surface area contributed by atoms with E-state index in [-0.39, 0.29) is 17.0 Å². The zero-order chi connectivity index (χ0) is 15.1. The Balaban J connectivity index is 2.35. The number of nitrogens with two attached hydrogens (primary N) is 1. The summed E-state index contributed by atoms with van der Waals surface area (Å²) in [5.74, 6) is -1.47. The molecule has 0 saturated heterocycles. The van der Waals surface area contributed by atoms with E-state index in [1.165, 1.54) is 4.57 Å². The molecule has 4 nitrogen and oxygen atoms in total. The van der Waals surface area contributed by atoms with Gasteiger partial charge in [-0.15, -0.1) is 0 Å². The minimum atomic E-state index is -0.778. The Labute approximate surface area is 126 Å². The molecule has 0 atom stereocenters. The standard InChI is InChI=1S/C14H7BrF2N4/c15-9-3-7(6-18)1-2-11(9)21-12-5-8(16)4-10(17)13(12)20-14(21)19/h1-5H,(H2,19,20). The first kappa shape index (κ1) is 13.5. The van der Waals surface area contributed by atoms with Gasteiger partial charge in [-0.2, -0.15) is 5.26 Å². The lowest BCUT2D eigenvalue weighted by Crippen LogP contribution is -2.01. The number of benzene rings is 2. The second kappa shape index (κ2) is 4.82. The molecule has 0 spiro atoms. The maximum Gasteiger partial charge on any atom is 0.206 e. The normalized spacial score (nSPS) is 10.8. The van der Waals surface area contributed by atoms with E-state index in [1.54, 1.807) is 18.2 Å². The number of hydrogen-bond acceptors (Lipinski definition) is 3. The third kappa shape index (κ3) is 2.14. The highest BCUT2D eigenvalue weighted by molar-refractivity contribution is 9.10. The van der Waals surface area contributed by atoms with Gasteiger partial charge in [-0.1, -0.05) is 0 Å². The molecule has 2 aromatic carbocycles. The first-order chi connectivity index (χ1) is 10.0. The first-order valence-corrected chi connectivity index (χ1v) is 6.63. The van der Waals surface area contributed by atoms with Gasteiger partial charge in [-0.05, 0) is 34.1 Å². The third-order valence-corrected chi connectivity index (χ3v) is 3.66. The van der Waals surface area contributed by atoms with E-state index < -0.39 is 11.6 Å². The molecule has 0 unspecified atom stereocenters. The number of nitrogens with zero attached hydrogens (tertiary/aromatic N) is 3. The summed E-state index contributed by atoms with van der Waals surface area (Å²) in [5.41, 5.74) is 7.02. The van der Waals surface area contributed by atoms with Crippen molar-refractivity contribution in [1.29, 1.82) is 5.26 Å². The van der Waals surface area contributed by atoms with Crippen molar-refractivity contribution in [2.24, 2.45) is 0 Å². The van der Waals surface area contributed by atoms with Gasteiger partial charge in [0, 0.05) is 16.6 Å². The average Bonchev–Trinajstić information content (AvgIpc) is 2.75. The van der Waals surface area contributed by atoms with Crippen LogP contribution in [0.25, 0.3) is 16.7 Å². The Hall–Kier alpha value is -2.46. The summed E-state index contributed by atoms with van der Waals surface area (Å²) in [4.78, 5) is 3.93. The molecule has 3 aromatic rings. The molecule has 0 radical (unpaired) electrons. The summed E-state index contributed by atoms with van der Waals surface area (Å²) in [6.07, 6.45) is 0. The van der Waals surface area contributed by atoms with Gasteiger partial charge in [0.05, 0.1) is 22.8 Å². The van der Waals surface area contributed by atoms with Crippen LogP contribution in [0.15, 0.2) is 34.8 Å². The molecule has 1 aromatic heterocycles. The van der Waals surface area contributed by atoms with Crippen molar-refractivity contribution in [3.05, 3.63) is 52.0 Å². The van der Waals surface area contributed by atoms with Gasteiger partial charge < -0.3 is 5.73 Å². The second-order valence-electron chi connectivity index (χ2n) is 4.34. The van der Waals surface area contributed by atoms with Crippen LogP contribution in [0.3, 0.4) is 0 Å². The second-order valence-corrected chi connectivity index (χ2v) is 5.19. The zero-order valence-corrected chi connectivity index (χ0v) is 12.0. The number of hydrogen-bond donors (Lipinski definition) is 1. The van der Waals surface area contributed by atoms with Gasteiger partial charge in [-0.25, -0.2) is 13.8 Å². The zero-order valence-electron chi connectivity index (χ0n) is 10.4. The number of halogens is 3. The van der Waals surface area contributed by atoms with Crippen LogP contribution in [0.2, 0.25) is 0 Å². The van der Waals surface area contributed by atoms with E-state index >= 15 is 0 Å². The molecule has 0 amide bonds. The molecule has 1 heterocycles. The molecule has 2 N–H and O–H groups in total.